The summed E-state index contributed by atoms with van der Waals surface area (Å²) in [6.07, 6.45) is 5.95. The Morgan fingerprint density at radius 1 is 1.12 bits per heavy atom. The van der Waals surface area contributed by atoms with E-state index < -0.39 is 0 Å². The van der Waals surface area contributed by atoms with E-state index in [0.717, 1.165) is 36.1 Å². The molecule has 3 heterocycles. The fourth-order valence-electron chi connectivity index (χ4n) is 3.93. The Morgan fingerprint density at radius 3 is 2.84 bits per heavy atom. The Bertz CT molecular complexity index is 894. The smallest absolute Gasteiger partial charge is 0.230 e. The van der Waals surface area contributed by atoms with Crippen molar-refractivity contribution >= 4 is 11.0 Å². The predicted molar refractivity (Wildman–Crippen MR) is 94.0 cm³/mol. The molecule has 2 fully saturated rings. The Morgan fingerprint density at radius 2 is 2.00 bits per heavy atom. The van der Waals surface area contributed by atoms with Gasteiger partial charge in [-0.15, -0.1) is 10.2 Å². The first-order valence-electron chi connectivity index (χ1n) is 9.27. The molecule has 1 saturated heterocycles. The first-order valence-corrected chi connectivity index (χ1v) is 9.27. The Hall–Kier alpha value is -2.21. The molecule has 0 N–H and O–H groups in total. The van der Waals surface area contributed by atoms with Gasteiger partial charge in [-0.05, 0) is 44.4 Å². The van der Waals surface area contributed by atoms with Gasteiger partial charge in [-0.25, -0.2) is 4.98 Å². The quantitative estimate of drug-likeness (QED) is 0.728. The highest BCUT2D eigenvalue weighted by molar-refractivity contribution is 5.75. The van der Waals surface area contributed by atoms with Crippen molar-refractivity contribution in [2.75, 3.05) is 6.54 Å². The number of hydrogen-bond donors (Lipinski definition) is 0. The SMILES string of the molecule is Cn1c(C2CCCCN2Cc2nnc(C3CC3)o2)nc2ccccc21. The average molecular weight is 337 g/mol. The van der Waals surface area contributed by atoms with Crippen LogP contribution in [0.2, 0.25) is 0 Å². The van der Waals surface area contributed by atoms with Crippen molar-refractivity contribution in [1.29, 1.82) is 0 Å². The summed E-state index contributed by atoms with van der Waals surface area (Å²) in [6, 6.07) is 8.66. The molecule has 1 aliphatic heterocycles. The monoisotopic (exact) mass is 337 g/mol. The van der Waals surface area contributed by atoms with Crippen LogP contribution in [0.15, 0.2) is 28.7 Å². The van der Waals surface area contributed by atoms with Crippen LogP contribution < -0.4 is 0 Å². The van der Waals surface area contributed by atoms with Crippen molar-refractivity contribution in [3.05, 3.63) is 41.9 Å². The highest BCUT2D eigenvalue weighted by Gasteiger charge is 2.32. The van der Waals surface area contributed by atoms with Crippen LogP contribution in [0.5, 0.6) is 0 Å². The highest BCUT2D eigenvalue weighted by atomic mass is 16.4. The third-order valence-corrected chi connectivity index (χ3v) is 5.48. The number of hydrogen-bond acceptors (Lipinski definition) is 5. The Kier molecular flexibility index (Phi) is 3.59. The lowest BCUT2D eigenvalue weighted by atomic mass is 10.0. The zero-order valence-electron chi connectivity index (χ0n) is 14.6. The molecule has 3 aromatic rings. The summed E-state index contributed by atoms with van der Waals surface area (Å²) in [5.41, 5.74) is 2.26. The zero-order valence-corrected chi connectivity index (χ0v) is 14.6. The van der Waals surface area contributed by atoms with Crippen molar-refractivity contribution in [3.63, 3.8) is 0 Å². The largest absolute Gasteiger partial charge is 0.424 e. The summed E-state index contributed by atoms with van der Waals surface area (Å²) in [5.74, 6) is 3.22. The molecule has 1 aromatic carbocycles. The van der Waals surface area contributed by atoms with Crippen LogP contribution in [-0.2, 0) is 13.6 Å². The number of likely N-dealkylation sites (tertiary alicyclic amines) is 1. The van der Waals surface area contributed by atoms with Crippen LogP contribution >= 0.6 is 0 Å². The van der Waals surface area contributed by atoms with Gasteiger partial charge in [0.2, 0.25) is 11.8 Å². The molecule has 6 heteroatoms. The van der Waals surface area contributed by atoms with Crippen LogP contribution in [0, 0.1) is 0 Å². The lowest BCUT2D eigenvalue weighted by molar-refractivity contribution is 0.119. The van der Waals surface area contributed by atoms with Crippen LogP contribution in [0.4, 0.5) is 0 Å². The van der Waals surface area contributed by atoms with E-state index in [9.17, 15) is 0 Å². The maximum Gasteiger partial charge on any atom is 0.230 e. The number of imidazole rings is 1. The Balaban J connectivity index is 1.43. The molecule has 0 spiro atoms. The molecule has 0 radical (unpaired) electrons. The van der Waals surface area contributed by atoms with E-state index in [1.807, 2.05) is 0 Å². The summed E-state index contributed by atoms with van der Waals surface area (Å²) in [4.78, 5) is 7.38. The standard InChI is InChI=1S/C19H23N5O/c1-23-15-7-3-2-6-14(15)20-18(23)16-8-4-5-11-24(16)12-17-21-22-19(25-17)13-9-10-13/h2-3,6-7,13,16H,4-5,8-12H2,1H3. The molecule has 2 aromatic heterocycles. The van der Waals surface area contributed by atoms with Crippen LogP contribution in [0.25, 0.3) is 11.0 Å². The predicted octanol–water partition coefficient (Wildman–Crippen LogP) is 3.56. The zero-order chi connectivity index (χ0) is 16.8. The second kappa shape index (κ2) is 5.95. The molecule has 2 aliphatic rings. The van der Waals surface area contributed by atoms with Crippen LogP contribution in [0.1, 0.15) is 61.7 Å². The van der Waals surface area contributed by atoms with Crippen molar-refractivity contribution in [1.82, 2.24) is 24.6 Å². The molecular formula is C19H23N5O. The molecule has 0 bridgehead atoms. The molecule has 1 unspecified atom stereocenters. The van der Waals surface area contributed by atoms with E-state index >= 15 is 0 Å². The van der Waals surface area contributed by atoms with Crippen molar-refractivity contribution in [2.45, 2.75) is 50.6 Å². The maximum atomic E-state index is 5.89. The molecule has 0 amide bonds. The lowest BCUT2D eigenvalue weighted by Crippen LogP contribution is -2.34. The van der Waals surface area contributed by atoms with Gasteiger partial charge in [-0.2, -0.15) is 0 Å². The van der Waals surface area contributed by atoms with Gasteiger partial charge in [-0.3, -0.25) is 4.90 Å². The number of para-hydroxylation sites is 2. The van der Waals surface area contributed by atoms with Crippen LogP contribution in [0.3, 0.4) is 0 Å². The first kappa shape index (κ1) is 15.1. The minimum Gasteiger partial charge on any atom is -0.424 e. The summed E-state index contributed by atoms with van der Waals surface area (Å²) in [7, 11) is 2.12. The summed E-state index contributed by atoms with van der Waals surface area (Å²) >= 11 is 0. The number of fused-ring (bicyclic) bond motifs is 1. The Labute approximate surface area is 146 Å². The number of rotatable bonds is 4. The van der Waals surface area contributed by atoms with Gasteiger partial charge in [0, 0.05) is 13.0 Å². The molecule has 25 heavy (non-hydrogen) atoms. The maximum absolute atomic E-state index is 5.89. The molecule has 1 atom stereocenters. The van der Waals surface area contributed by atoms with Gasteiger partial charge in [0.15, 0.2) is 0 Å². The summed E-state index contributed by atoms with van der Waals surface area (Å²) in [6.45, 7) is 1.77. The van der Waals surface area contributed by atoms with Gasteiger partial charge < -0.3 is 8.98 Å². The van der Waals surface area contributed by atoms with Gasteiger partial charge in [0.1, 0.15) is 5.82 Å². The molecule has 5 rings (SSSR count). The number of aromatic nitrogens is 4. The van der Waals surface area contributed by atoms with Crippen LogP contribution in [-0.4, -0.2) is 31.2 Å². The van der Waals surface area contributed by atoms with E-state index in [1.54, 1.807) is 0 Å². The van der Waals surface area contributed by atoms with Crippen molar-refractivity contribution < 1.29 is 4.42 Å². The topological polar surface area (TPSA) is 60.0 Å². The lowest BCUT2D eigenvalue weighted by Gasteiger charge is -2.34. The molecule has 6 nitrogen and oxygen atoms in total. The third kappa shape index (κ3) is 2.74. The summed E-state index contributed by atoms with van der Waals surface area (Å²) in [5, 5.41) is 8.51. The summed E-state index contributed by atoms with van der Waals surface area (Å²) < 4.78 is 8.13. The van der Waals surface area contributed by atoms with Gasteiger partial charge in [0.25, 0.3) is 0 Å². The van der Waals surface area contributed by atoms with Gasteiger partial charge in [0.05, 0.1) is 23.6 Å². The molecule has 1 aliphatic carbocycles. The van der Waals surface area contributed by atoms with E-state index in [1.165, 1.54) is 31.2 Å². The number of aryl methyl sites for hydroxylation is 1. The second-order valence-electron chi connectivity index (χ2n) is 7.31. The minimum atomic E-state index is 0.308. The molecular weight excluding hydrogens is 314 g/mol. The van der Waals surface area contributed by atoms with Gasteiger partial charge >= 0.3 is 0 Å². The second-order valence-corrected chi connectivity index (χ2v) is 7.31. The highest BCUT2D eigenvalue weighted by Crippen LogP contribution is 2.39. The fraction of sp³-hybridized carbons (Fsp3) is 0.526. The number of piperidine rings is 1. The number of nitrogens with zero attached hydrogens (tertiary/aromatic N) is 5. The van der Waals surface area contributed by atoms with E-state index in [2.05, 4.69) is 51.0 Å². The fourth-order valence-corrected chi connectivity index (χ4v) is 3.93. The van der Waals surface area contributed by atoms with E-state index in [-0.39, 0.29) is 0 Å². The normalized spacial score (nSPS) is 21.9. The van der Waals surface area contributed by atoms with Crippen molar-refractivity contribution in [2.24, 2.45) is 7.05 Å². The van der Waals surface area contributed by atoms with E-state index in [4.69, 9.17) is 9.40 Å². The van der Waals surface area contributed by atoms with Gasteiger partial charge in [-0.1, -0.05) is 18.6 Å². The van der Waals surface area contributed by atoms with Crippen molar-refractivity contribution in [3.8, 4) is 0 Å². The molecule has 1 saturated carbocycles. The third-order valence-electron chi connectivity index (χ3n) is 5.48. The minimum absolute atomic E-state index is 0.308. The molecule has 130 valence electrons. The average Bonchev–Trinajstić information content (AvgIpc) is 3.30. The van der Waals surface area contributed by atoms with E-state index in [0.29, 0.717) is 18.5 Å². The first-order chi connectivity index (χ1) is 12.3. The number of benzene rings is 1.